The fraction of sp³-hybridized carbons (Fsp3) is 0.417. The van der Waals surface area contributed by atoms with Gasteiger partial charge in [-0.1, -0.05) is 24.3 Å². The lowest BCUT2D eigenvalue weighted by Gasteiger charge is -2.37. The summed E-state index contributed by atoms with van der Waals surface area (Å²) >= 11 is 0. The maximum Gasteiger partial charge on any atom is 0.226 e. The van der Waals surface area contributed by atoms with Gasteiger partial charge in [0.2, 0.25) is 5.91 Å². The van der Waals surface area contributed by atoms with E-state index in [1.54, 1.807) is 6.07 Å². The molecule has 0 bridgehead atoms. The molecule has 2 aliphatic heterocycles. The molecular weight excluding hydrogens is 517 g/mol. The molecule has 0 spiro atoms. The number of benzene rings is 2. The monoisotopic (exact) mass is 549 g/mol. The van der Waals surface area contributed by atoms with Gasteiger partial charge >= 0.3 is 0 Å². The molecule has 0 unspecified atom stereocenters. The number of hydrogen-bond acceptors (Lipinski definition) is 4. The number of amides is 1. The second-order valence-corrected chi connectivity index (χ2v) is 8.03. The second kappa shape index (κ2) is 11.4. The number of nitrogens with one attached hydrogen (secondary N) is 1. The summed E-state index contributed by atoms with van der Waals surface area (Å²) in [6.45, 7) is 4.83. The molecule has 172 valence electrons. The summed E-state index contributed by atoms with van der Waals surface area (Å²) in [6.07, 6.45) is 2.72. The van der Waals surface area contributed by atoms with Crippen molar-refractivity contribution in [3.05, 3.63) is 54.1 Å². The molecule has 2 saturated heterocycles. The highest BCUT2D eigenvalue weighted by molar-refractivity contribution is 14.0. The SMILES string of the molecule is CN=C(NCc1ccc(N2CCCCC2=O)cc1)N1CCN(c2ccccc2O)CC1.I. The number of carbonyl (C=O) groups is 1. The Labute approximate surface area is 207 Å². The zero-order valence-corrected chi connectivity index (χ0v) is 20.9. The lowest BCUT2D eigenvalue weighted by Crippen LogP contribution is -2.52. The van der Waals surface area contributed by atoms with Gasteiger partial charge in [-0.15, -0.1) is 24.0 Å². The van der Waals surface area contributed by atoms with Crippen molar-refractivity contribution < 1.29 is 9.90 Å². The third-order valence-corrected chi connectivity index (χ3v) is 6.04. The first kappa shape index (κ1) is 24.2. The van der Waals surface area contributed by atoms with Crippen LogP contribution in [0.3, 0.4) is 0 Å². The largest absolute Gasteiger partial charge is 0.506 e. The average molecular weight is 549 g/mol. The molecule has 8 heteroatoms. The highest BCUT2D eigenvalue weighted by atomic mass is 127. The van der Waals surface area contributed by atoms with Crippen LogP contribution in [0.2, 0.25) is 0 Å². The molecule has 4 rings (SSSR count). The van der Waals surface area contributed by atoms with E-state index < -0.39 is 0 Å². The van der Waals surface area contributed by atoms with Crippen LogP contribution in [0.25, 0.3) is 0 Å². The van der Waals surface area contributed by atoms with Gasteiger partial charge < -0.3 is 25.1 Å². The fourth-order valence-corrected chi connectivity index (χ4v) is 4.28. The fourth-order valence-electron chi connectivity index (χ4n) is 4.28. The molecule has 2 N–H and O–H groups in total. The van der Waals surface area contributed by atoms with Gasteiger partial charge in [0.05, 0.1) is 5.69 Å². The van der Waals surface area contributed by atoms with Crippen LogP contribution in [0.15, 0.2) is 53.5 Å². The lowest BCUT2D eigenvalue weighted by atomic mass is 10.1. The van der Waals surface area contributed by atoms with Gasteiger partial charge in [-0.3, -0.25) is 9.79 Å². The van der Waals surface area contributed by atoms with Crippen molar-refractivity contribution >= 4 is 47.2 Å². The normalized spacial score (nSPS) is 17.2. The molecule has 7 nitrogen and oxygen atoms in total. The van der Waals surface area contributed by atoms with Crippen LogP contribution in [0, 0.1) is 0 Å². The summed E-state index contributed by atoms with van der Waals surface area (Å²) in [4.78, 5) is 22.9. The molecule has 1 amide bonds. The van der Waals surface area contributed by atoms with Crippen molar-refractivity contribution in [3.63, 3.8) is 0 Å². The van der Waals surface area contributed by atoms with E-state index in [4.69, 9.17) is 0 Å². The highest BCUT2D eigenvalue weighted by Gasteiger charge is 2.22. The van der Waals surface area contributed by atoms with Crippen LogP contribution < -0.4 is 15.1 Å². The summed E-state index contributed by atoms with van der Waals surface area (Å²) < 4.78 is 0. The van der Waals surface area contributed by atoms with Crippen molar-refractivity contribution in [1.82, 2.24) is 10.2 Å². The summed E-state index contributed by atoms with van der Waals surface area (Å²) in [7, 11) is 1.81. The number of anilines is 2. The summed E-state index contributed by atoms with van der Waals surface area (Å²) in [5, 5.41) is 13.6. The molecule has 0 atom stereocenters. The summed E-state index contributed by atoms with van der Waals surface area (Å²) in [5.41, 5.74) is 3.03. The first-order chi connectivity index (χ1) is 15.2. The second-order valence-electron chi connectivity index (χ2n) is 8.03. The molecule has 2 fully saturated rings. The quantitative estimate of drug-likeness (QED) is 0.348. The summed E-state index contributed by atoms with van der Waals surface area (Å²) in [6, 6.07) is 15.7. The smallest absolute Gasteiger partial charge is 0.226 e. The van der Waals surface area contributed by atoms with E-state index in [1.165, 1.54) is 0 Å². The van der Waals surface area contributed by atoms with Gasteiger partial charge in [0, 0.05) is 58.4 Å². The van der Waals surface area contributed by atoms with E-state index in [1.807, 2.05) is 42.3 Å². The number of piperazine rings is 1. The molecule has 0 saturated carbocycles. The van der Waals surface area contributed by atoms with Gasteiger partial charge in [-0.25, -0.2) is 0 Å². The van der Waals surface area contributed by atoms with Gasteiger partial charge in [0.25, 0.3) is 0 Å². The van der Waals surface area contributed by atoms with Gasteiger partial charge in [-0.2, -0.15) is 0 Å². The van der Waals surface area contributed by atoms with Crippen LogP contribution in [0.1, 0.15) is 24.8 Å². The lowest BCUT2D eigenvalue weighted by molar-refractivity contribution is -0.119. The number of rotatable bonds is 4. The van der Waals surface area contributed by atoms with Gasteiger partial charge in [0.15, 0.2) is 5.96 Å². The average Bonchev–Trinajstić information content (AvgIpc) is 2.81. The number of carbonyl (C=O) groups excluding carboxylic acids is 1. The first-order valence-electron chi connectivity index (χ1n) is 11.0. The third-order valence-electron chi connectivity index (χ3n) is 6.04. The number of piperidine rings is 1. The minimum absolute atomic E-state index is 0. The van der Waals surface area contributed by atoms with E-state index in [2.05, 4.69) is 32.2 Å². The van der Waals surface area contributed by atoms with Crippen molar-refractivity contribution in [3.8, 4) is 5.75 Å². The Morgan fingerprint density at radius 1 is 1.00 bits per heavy atom. The number of aliphatic imine (C=N–C) groups is 1. The maximum absolute atomic E-state index is 12.1. The Hall–Kier alpha value is -2.49. The molecule has 0 radical (unpaired) electrons. The molecule has 0 aliphatic carbocycles. The zero-order chi connectivity index (χ0) is 21.6. The molecular formula is C24H32IN5O2. The zero-order valence-electron chi connectivity index (χ0n) is 18.5. The predicted molar refractivity (Wildman–Crippen MR) is 140 cm³/mol. The number of hydrogen-bond donors (Lipinski definition) is 2. The van der Waals surface area contributed by atoms with Gasteiger partial charge in [0.1, 0.15) is 5.75 Å². The van der Waals surface area contributed by atoms with Crippen molar-refractivity contribution in [2.75, 3.05) is 49.6 Å². The number of para-hydroxylation sites is 2. The van der Waals surface area contributed by atoms with Crippen LogP contribution in [-0.2, 0) is 11.3 Å². The number of phenolic OH excluding ortho intramolecular Hbond substituents is 1. The molecule has 2 aromatic rings. The molecule has 0 aromatic heterocycles. The van der Waals surface area contributed by atoms with E-state index >= 15 is 0 Å². The third kappa shape index (κ3) is 5.65. The van der Waals surface area contributed by atoms with E-state index in [-0.39, 0.29) is 29.9 Å². The number of guanidine groups is 1. The molecule has 32 heavy (non-hydrogen) atoms. The Bertz CT molecular complexity index is 926. The van der Waals surface area contributed by atoms with Crippen molar-refractivity contribution in [1.29, 1.82) is 0 Å². The number of phenols is 1. The Morgan fingerprint density at radius 2 is 1.72 bits per heavy atom. The first-order valence-corrected chi connectivity index (χ1v) is 11.0. The minimum Gasteiger partial charge on any atom is -0.506 e. The van der Waals surface area contributed by atoms with E-state index in [0.29, 0.717) is 18.7 Å². The Kier molecular flexibility index (Phi) is 8.60. The van der Waals surface area contributed by atoms with Gasteiger partial charge in [-0.05, 0) is 42.7 Å². The molecule has 2 heterocycles. The van der Waals surface area contributed by atoms with E-state index in [9.17, 15) is 9.90 Å². The van der Waals surface area contributed by atoms with Crippen molar-refractivity contribution in [2.24, 2.45) is 4.99 Å². The van der Waals surface area contributed by atoms with Crippen LogP contribution in [-0.4, -0.2) is 61.6 Å². The maximum atomic E-state index is 12.1. The molecule has 2 aliphatic rings. The number of halogens is 1. The number of nitrogens with zero attached hydrogens (tertiary/aromatic N) is 4. The molecule has 2 aromatic carbocycles. The van der Waals surface area contributed by atoms with Crippen LogP contribution in [0.4, 0.5) is 11.4 Å². The standard InChI is InChI=1S/C24H31N5O2.HI/c1-25-24(28-16-14-27(15-17-28)21-6-2-3-7-22(21)30)26-18-19-9-11-20(12-10-19)29-13-5-4-8-23(29)31;/h2-3,6-7,9-12,30H,4-5,8,13-18H2,1H3,(H,25,26);1H. The highest BCUT2D eigenvalue weighted by Crippen LogP contribution is 2.27. The summed E-state index contributed by atoms with van der Waals surface area (Å²) in [5.74, 6) is 1.43. The van der Waals surface area contributed by atoms with Crippen LogP contribution in [0.5, 0.6) is 5.75 Å². The van der Waals surface area contributed by atoms with E-state index in [0.717, 1.165) is 68.5 Å². The Morgan fingerprint density at radius 3 is 2.38 bits per heavy atom. The van der Waals surface area contributed by atoms with Crippen LogP contribution >= 0.6 is 24.0 Å². The Balaban J connectivity index is 0.00000289. The minimum atomic E-state index is 0. The predicted octanol–water partition coefficient (Wildman–Crippen LogP) is 3.42. The number of aromatic hydroxyl groups is 1. The van der Waals surface area contributed by atoms with Crippen molar-refractivity contribution in [2.45, 2.75) is 25.8 Å². The topological polar surface area (TPSA) is 71.4 Å².